The summed E-state index contributed by atoms with van der Waals surface area (Å²) in [7, 11) is 0. The van der Waals surface area contributed by atoms with Crippen molar-refractivity contribution in [3.63, 3.8) is 0 Å². The fourth-order valence-corrected chi connectivity index (χ4v) is 2.13. The Morgan fingerprint density at radius 2 is 1.90 bits per heavy atom. The summed E-state index contributed by atoms with van der Waals surface area (Å²) in [5.74, 6) is -0.106. The monoisotopic (exact) mass is 277 g/mol. The standard InChI is InChI=1S/C16H23NO3/c1-15(2,3)13-6-4-12(5-7-13)14(19)17-8-16(9-18)10-20-11-16/h4-7,18H,8-11H2,1-3H3,(H,17,19). The van der Waals surface area contributed by atoms with Crippen LogP contribution in [-0.4, -0.2) is 37.4 Å². The molecular formula is C16H23NO3. The van der Waals surface area contributed by atoms with E-state index in [4.69, 9.17) is 4.74 Å². The first-order valence-corrected chi connectivity index (χ1v) is 6.94. The number of aliphatic hydroxyl groups is 1. The number of amides is 1. The summed E-state index contributed by atoms with van der Waals surface area (Å²) < 4.78 is 5.11. The minimum Gasteiger partial charge on any atom is -0.396 e. The third-order valence-electron chi connectivity index (χ3n) is 3.79. The van der Waals surface area contributed by atoms with E-state index in [-0.39, 0.29) is 23.3 Å². The fourth-order valence-electron chi connectivity index (χ4n) is 2.13. The summed E-state index contributed by atoms with van der Waals surface area (Å²) in [6, 6.07) is 7.67. The zero-order valence-electron chi connectivity index (χ0n) is 12.4. The van der Waals surface area contributed by atoms with Crippen molar-refractivity contribution in [2.75, 3.05) is 26.4 Å². The topological polar surface area (TPSA) is 58.6 Å². The van der Waals surface area contributed by atoms with Crippen molar-refractivity contribution in [1.29, 1.82) is 0 Å². The summed E-state index contributed by atoms with van der Waals surface area (Å²) in [5, 5.41) is 12.2. The first-order chi connectivity index (χ1) is 9.36. The lowest BCUT2D eigenvalue weighted by Gasteiger charge is -2.39. The van der Waals surface area contributed by atoms with E-state index in [1.165, 1.54) is 5.56 Å². The van der Waals surface area contributed by atoms with Crippen LogP contribution in [0.3, 0.4) is 0 Å². The van der Waals surface area contributed by atoms with Gasteiger partial charge in [-0.05, 0) is 23.1 Å². The molecule has 1 aromatic rings. The number of carbonyl (C=O) groups is 1. The Hall–Kier alpha value is -1.39. The fraction of sp³-hybridized carbons (Fsp3) is 0.562. The van der Waals surface area contributed by atoms with Gasteiger partial charge < -0.3 is 15.2 Å². The molecule has 0 atom stereocenters. The van der Waals surface area contributed by atoms with E-state index in [0.717, 1.165) is 0 Å². The van der Waals surface area contributed by atoms with Gasteiger partial charge in [0, 0.05) is 12.1 Å². The summed E-state index contributed by atoms with van der Waals surface area (Å²) in [6.45, 7) is 7.93. The second-order valence-corrected chi connectivity index (χ2v) is 6.66. The molecule has 20 heavy (non-hydrogen) atoms. The van der Waals surface area contributed by atoms with Crippen LogP contribution >= 0.6 is 0 Å². The number of nitrogens with one attached hydrogen (secondary N) is 1. The largest absolute Gasteiger partial charge is 0.396 e. The predicted octanol–water partition coefficient (Wildman–Crippen LogP) is 1.72. The van der Waals surface area contributed by atoms with Crippen molar-refractivity contribution in [3.8, 4) is 0 Å². The van der Waals surface area contributed by atoms with Crippen LogP contribution in [0.25, 0.3) is 0 Å². The van der Waals surface area contributed by atoms with Crippen molar-refractivity contribution < 1.29 is 14.6 Å². The lowest BCUT2D eigenvalue weighted by molar-refractivity contribution is -0.133. The Morgan fingerprint density at radius 3 is 2.30 bits per heavy atom. The SMILES string of the molecule is CC(C)(C)c1ccc(C(=O)NCC2(CO)COC2)cc1. The van der Waals surface area contributed by atoms with Gasteiger partial charge >= 0.3 is 0 Å². The Kier molecular flexibility index (Phi) is 4.16. The van der Waals surface area contributed by atoms with Gasteiger partial charge in [-0.15, -0.1) is 0 Å². The highest BCUT2D eigenvalue weighted by molar-refractivity contribution is 5.94. The Labute approximate surface area is 120 Å². The highest BCUT2D eigenvalue weighted by Gasteiger charge is 2.38. The average Bonchev–Trinajstić information content (AvgIpc) is 2.37. The van der Waals surface area contributed by atoms with Crippen LogP contribution in [0.15, 0.2) is 24.3 Å². The van der Waals surface area contributed by atoms with Crippen molar-refractivity contribution in [2.45, 2.75) is 26.2 Å². The van der Waals surface area contributed by atoms with Crippen LogP contribution in [0.1, 0.15) is 36.7 Å². The average molecular weight is 277 g/mol. The van der Waals surface area contributed by atoms with Crippen molar-refractivity contribution in [1.82, 2.24) is 5.32 Å². The van der Waals surface area contributed by atoms with Gasteiger partial charge in [-0.2, -0.15) is 0 Å². The zero-order chi connectivity index (χ0) is 14.8. The van der Waals surface area contributed by atoms with Gasteiger partial charge in [-0.25, -0.2) is 0 Å². The maximum Gasteiger partial charge on any atom is 0.251 e. The number of hydrogen-bond donors (Lipinski definition) is 2. The zero-order valence-corrected chi connectivity index (χ0v) is 12.4. The Balaban J connectivity index is 1.96. The van der Waals surface area contributed by atoms with Crippen molar-refractivity contribution in [3.05, 3.63) is 35.4 Å². The van der Waals surface area contributed by atoms with Crippen LogP contribution in [0.5, 0.6) is 0 Å². The van der Waals surface area contributed by atoms with Crippen LogP contribution < -0.4 is 5.32 Å². The molecule has 0 spiro atoms. The quantitative estimate of drug-likeness (QED) is 0.881. The summed E-state index contributed by atoms with van der Waals surface area (Å²) in [5.41, 5.74) is 1.64. The molecule has 1 aliphatic heterocycles. The normalized spacial score (nSPS) is 17.4. The van der Waals surface area contributed by atoms with Gasteiger partial charge in [0.1, 0.15) is 0 Å². The molecule has 1 amide bonds. The predicted molar refractivity (Wildman–Crippen MR) is 77.8 cm³/mol. The molecule has 110 valence electrons. The summed E-state index contributed by atoms with van der Waals surface area (Å²) in [4.78, 5) is 12.1. The third kappa shape index (κ3) is 3.19. The third-order valence-corrected chi connectivity index (χ3v) is 3.79. The summed E-state index contributed by atoms with van der Waals surface area (Å²) in [6.07, 6.45) is 0. The maximum absolute atomic E-state index is 12.1. The first-order valence-electron chi connectivity index (χ1n) is 6.94. The molecule has 1 saturated heterocycles. The van der Waals surface area contributed by atoms with E-state index in [9.17, 15) is 9.90 Å². The van der Waals surface area contributed by atoms with Crippen molar-refractivity contribution in [2.24, 2.45) is 5.41 Å². The molecule has 2 rings (SSSR count). The number of carbonyl (C=O) groups excluding carboxylic acids is 1. The number of benzene rings is 1. The molecule has 1 aliphatic rings. The minimum atomic E-state index is -0.291. The molecule has 1 aromatic carbocycles. The molecule has 0 aliphatic carbocycles. The molecule has 0 unspecified atom stereocenters. The highest BCUT2D eigenvalue weighted by atomic mass is 16.5. The van der Waals surface area contributed by atoms with E-state index in [1.54, 1.807) is 0 Å². The van der Waals surface area contributed by atoms with Gasteiger partial charge in [0.15, 0.2) is 0 Å². The van der Waals surface area contributed by atoms with E-state index >= 15 is 0 Å². The molecule has 0 radical (unpaired) electrons. The number of aliphatic hydroxyl groups excluding tert-OH is 1. The van der Waals surface area contributed by atoms with Crippen LogP contribution in [-0.2, 0) is 10.2 Å². The first kappa shape index (κ1) is 15.0. The molecule has 0 bridgehead atoms. The molecular weight excluding hydrogens is 254 g/mol. The second kappa shape index (κ2) is 5.54. The molecule has 1 heterocycles. The molecule has 4 nitrogen and oxygen atoms in total. The van der Waals surface area contributed by atoms with E-state index in [2.05, 4.69) is 26.1 Å². The van der Waals surface area contributed by atoms with Crippen LogP contribution in [0.2, 0.25) is 0 Å². The van der Waals surface area contributed by atoms with Gasteiger partial charge in [0.05, 0.1) is 25.2 Å². The van der Waals surface area contributed by atoms with Gasteiger partial charge in [0.25, 0.3) is 5.91 Å². The molecule has 2 N–H and O–H groups in total. The number of rotatable bonds is 4. The van der Waals surface area contributed by atoms with Crippen LogP contribution in [0.4, 0.5) is 0 Å². The number of hydrogen-bond acceptors (Lipinski definition) is 3. The van der Waals surface area contributed by atoms with E-state index in [0.29, 0.717) is 25.3 Å². The van der Waals surface area contributed by atoms with Gasteiger partial charge in [-0.3, -0.25) is 4.79 Å². The number of ether oxygens (including phenoxy) is 1. The molecule has 0 aromatic heterocycles. The highest BCUT2D eigenvalue weighted by Crippen LogP contribution is 2.26. The van der Waals surface area contributed by atoms with E-state index in [1.807, 2.05) is 24.3 Å². The Bertz CT molecular complexity index is 464. The Morgan fingerprint density at radius 1 is 1.30 bits per heavy atom. The van der Waals surface area contributed by atoms with Crippen LogP contribution in [0, 0.1) is 5.41 Å². The molecule has 0 saturated carbocycles. The van der Waals surface area contributed by atoms with Gasteiger partial charge in [-0.1, -0.05) is 32.9 Å². The van der Waals surface area contributed by atoms with Gasteiger partial charge in [0.2, 0.25) is 0 Å². The summed E-state index contributed by atoms with van der Waals surface area (Å²) >= 11 is 0. The molecule has 4 heteroatoms. The smallest absolute Gasteiger partial charge is 0.251 e. The maximum atomic E-state index is 12.1. The molecule has 1 fully saturated rings. The second-order valence-electron chi connectivity index (χ2n) is 6.66. The van der Waals surface area contributed by atoms with E-state index < -0.39 is 0 Å². The lowest BCUT2D eigenvalue weighted by Crippen LogP contribution is -2.53. The lowest BCUT2D eigenvalue weighted by atomic mass is 9.86. The minimum absolute atomic E-state index is 0.0379. The van der Waals surface area contributed by atoms with Crippen molar-refractivity contribution >= 4 is 5.91 Å².